The third kappa shape index (κ3) is 5.19. The van der Waals surface area contributed by atoms with Crippen LogP contribution in [-0.2, 0) is 12.8 Å². The van der Waals surface area contributed by atoms with Crippen LogP contribution in [-0.4, -0.2) is 59.5 Å². The van der Waals surface area contributed by atoms with Crippen LogP contribution in [0.4, 0.5) is 5.13 Å². The lowest BCUT2D eigenvalue weighted by Gasteiger charge is -2.36. The van der Waals surface area contributed by atoms with Crippen LogP contribution < -0.4 is 10.2 Å². The van der Waals surface area contributed by atoms with Crippen molar-refractivity contribution in [3.63, 3.8) is 0 Å². The Labute approximate surface area is 166 Å². The Morgan fingerprint density at radius 1 is 1.19 bits per heavy atom. The number of hydrogen-bond donors (Lipinski definition) is 1. The molecular weight excluding hydrogens is 356 g/mol. The number of nitrogens with zero attached hydrogens (tertiary/aromatic N) is 5. The van der Waals surface area contributed by atoms with Crippen LogP contribution in [0.5, 0.6) is 0 Å². The van der Waals surface area contributed by atoms with E-state index < -0.39 is 0 Å². The Morgan fingerprint density at radius 2 is 1.96 bits per heavy atom. The fraction of sp³-hybridized carbons (Fsp3) is 0.550. The Bertz CT molecular complexity index is 748. The van der Waals surface area contributed by atoms with Crippen molar-refractivity contribution in [3.05, 3.63) is 41.2 Å². The lowest BCUT2D eigenvalue weighted by molar-refractivity contribution is 0.372. The summed E-state index contributed by atoms with van der Waals surface area (Å²) in [4.78, 5) is 14.2. The van der Waals surface area contributed by atoms with E-state index in [0.717, 1.165) is 69.0 Å². The van der Waals surface area contributed by atoms with E-state index in [4.69, 9.17) is 4.99 Å². The van der Waals surface area contributed by atoms with Gasteiger partial charge in [0.05, 0.1) is 0 Å². The van der Waals surface area contributed by atoms with Gasteiger partial charge < -0.3 is 15.1 Å². The van der Waals surface area contributed by atoms with Crippen molar-refractivity contribution in [2.45, 2.75) is 33.6 Å². The molecule has 7 heteroatoms. The van der Waals surface area contributed by atoms with Gasteiger partial charge in [0.15, 0.2) is 5.96 Å². The molecule has 0 bridgehead atoms. The van der Waals surface area contributed by atoms with E-state index in [1.165, 1.54) is 22.7 Å². The summed E-state index contributed by atoms with van der Waals surface area (Å²) in [7, 11) is 0. The van der Waals surface area contributed by atoms with E-state index in [9.17, 15) is 0 Å². The minimum absolute atomic E-state index is 0.809. The number of anilines is 1. The minimum Gasteiger partial charge on any atom is -0.357 e. The van der Waals surface area contributed by atoms with E-state index in [1.807, 2.05) is 0 Å². The zero-order chi connectivity index (χ0) is 19.1. The maximum Gasteiger partial charge on any atom is 0.205 e. The van der Waals surface area contributed by atoms with E-state index in [0.29, 0.717) is 0 Å². The van der Waals surface area contributed by atoms with E-state index in [2.05, 4.69) is 69.5 Å². The Hall–Kier alpha value is -2.15. The van der Waals surface area contributed by atoms with Gasteiger partial charge in [-0.05, 0) is 31.4 Å². The van der Waals surface area contributed by atoms with E-state index in [-0.39, 0.29) is 0 Å². The molecule has 146 valence electrons. The predicted molar refractivity (Wildman–Crippen MR) is 114 cm³/mol. The number of aryl methyl sites for hydroxylation is 2. The number of aliphatic imine (C=N–C) groups is 1. The molecule has 6 nitrogen and oxygen atoms in total. The van der Waals surface area contributed by atoms with Gasteiger partial charge in [-0.15, -0.1) is 0 Å². The molecule has 0 atom stereocenters. The number of hydrogen-bond acceptors (Lipinski definition) is 5. The summed E-state index contributed by atoms with van der Waals surface area (Å²) in [5.41, 5.74) is 2.72. The number of benzene rings is 1. The van der Waals surface area contributed by atoms with Crippen molar-refractivity contribution in [1.82, 2.24) is 19.6 Å². The Kier molecular flexibility index (Phi) is 7.04. The minimum atomic E-state index is 0.809. The van der Waals surface area contributed by atoms with Crippen LogP contribution in [0, 0.1) is 6.92 Å². The zero-order valence-corrected chi connectivity index (χ0v) is 17.4. The van der Waals surface area contributed by atoms with Crippen molar-refractivity contribution < 1.29 is 0 Å². The summed E-state index contributed by atoms with van der Waals surface area (Å²) < 4.78 is 4.41. The first-order valence-corrected chi connectivity index (χ1v) is 10.6. The van der Waals surface area contributed by atoms with Crippen LogP contribution in [0.1, 0.15) is 30.8 Å². The average molecular weight is 387 g/mol. The molecule has 1 aliphatic heterocycles. The molecule has 0 aliphatic carbocycles. The van der Waals surface area contributed by atoms with Gasteiger partial charge in [0, 0.05) is 57.2 Å². The third-order valence-electron chi connectivity index (χ3n) is 4.86. The number of aromatic nitrogens is 2. The summed E-state index contributed by atoms with van der Waals surface area (Å²) in [6.07, 6.45) is 1.88. The lowest BCUT2D eigenvalue weighted by atomic mass is 10.1. The van der Waals surface area contributed by atoms with Crippen molar-refractivity contribution >= 4 is 22.6 Å². The molecule has 27 heavy (non-hydrogen) atoms. The fourth-order valence-electron chi connectivity index (χ4n) is 3.22. The maximum atomic E-state index is 4.88. The standard InChI is InChI=1S/C20H30N6S/c1-4-18-23-20(27-24-18)26-14-12-25(13-15-26)19(21-5-2)22-11-10-17-9-7-6-8-16(17)3/h6-9H,4-5,10-15H2,1-3H3,(H,21,22). The van der Waals surface area contributed by atoms with Crippen LogP contribution in [0.2, 0.25) is 0 Å². The van der Waals surface area contributed by atoms with Crippen LogP contribution in [0.15, 0.2) is 29.3 Å². The summed E-state index contributed by atoms with van der Waals surface area (Å²) in [6, 6.07) is 8.56. The number of piperazine rings is 1. The van der Waals surface area contributed by atoms with Crippen molar-refractivity contribution in [2.75, 3.05) is 44.2 Å². The molecule has 1 aromatic carbocycles. The molecule has 2 aromatic rings. The van der Waals surface area contributed by atoms with Gasteiger partial charge in [0.25, 0.3) is 0 Å². The highest BCUT2D eigenvalue weighted by molar-refractivity contribution is 7.09. The molecule has 1 aromatic heterocycles. The molecule has 1 saturated heterocycles. The smallest absolute Gasteiger partial charge is 0.205 e. The molecule has 1 aliphatic rings. The molecule has 2 heterocycles. The first-order chi connectivity index (χ1) is 13.2. The number of rotatable bonds is 6. The first-order valence-electron chi connectivity index (χ1n) is 9.86. The van der Waals surface area contributed by atoms with Gasteiger partial charge in [0.2, 0.25) is 5.13 Å². The second kappa shape index (κ2) is 9.69. The summed E-state index contributed by atoms with van der Waals surface area (Å²) in [5, 5.41) is 4.50. The van der Waals surface area contributed by atoms with E-state index >= 15 is 0 Å². The SMILES string of the molecule is CCNC(=NCCc1ccccc1C)N1CCN(c2nc(CC)ns2)CC1. The van der Waals surface area contributed by atoms with Gasteiger partial charge in [-0.25, -0.2) is 4.98 Å². The second-order valence-corrected chi connectivity index (χ2v) is 7.46. The normalized spacial score (nSPS) is 15.3. The molecule has 0 saturated carbocycles. The predicted octanol–water partition coefficient (Wildman–Crippen LogP) is 2.74. The largest absolute Gasteiger partial charge is 0.357 e. The van der Waals surface area contributed by atoms with Gasteiger partial charge in [-0.2, -0.15) is 4.37 Å². The average Bonchev–Trinajstić information content (AvgIpc) is 3.18. The van der Waals surface area contributed by atoms with Crippen LogP contribution >= 0.6 is 11.5 Å². The third-order valence-corrected chi connectivity index (χ3v) is 5.68. The maximum absolute atomic E-state index is 4.88. The van der Waals surface area contributed by atoms with Gasteiger partial charge in [-0.1, -0.05) is 31.2 Å². The quantitative estimate of drug-likeness (QED) is 0.611. The molecule has 3 rings (SSSR count). The molecule has 0 unspecified atom stereocenters. The molecule has 1 N–H and O–H groups in total. The molecule has 0 radical (unpaired) electrons. The van der Waals surface area contributed by atoms with Crippen LogP contribution in [0.25, 0.3) is 0 Å². The second-order valence-electron chi connectivity index (χ2n) is 6.73. The molecule has 0 spiro atoms. The highest BCUT2D eigenvalue weighted by Crippen LogP contribution is 2.19. The Morgan fingerprint density at radius 3 is 2.63 bits per heavy atom. The highest BCUT2D eigenvalue weighted by Gasteiger charge is 2.21. The van der Waals surface area contributed by atoms with Crippen LogP contribution in [0.3, 0.4) is 0 Å². The number of guanidine groups is 1. The topological polar surface area (TPSA) is 56.7 Å². The summed E-state index contributed by atoms with van der Waals surface area (Å²) in [6.45, 7) is 11.9. The highest BCUT2D eigenvalue weighted by atomic mass is 32.1. The van der Waals surface area contributed by atoms with Gasteiger partial charge >= 0.3 is 0 Å². The summed E-state index contributed by atoms with van der Waals surface area (Å²) in [5.74, 6) is 1.97. The number of nitrogens with one attached hydrogen (secondary N) is 1. The van der Waals surface area contributed by atoms with Crippen molar-refractivity contribution in [1.29, 1.82) is 0 Å². The van der Waals surface area contributed by atoms with E-state index in [1.54, 1.807) is 0 Å². The zero-order valence-electron chi connectivity index (χ0n) is 16.6. The molecule has 0 amide bonds. The van der Waals surface area contributed by atoms with Gasteiger partial charge in [0.1, 0.15) is 5.82 Å². The van der Waals surface area contributed by atoms with Crippen molar-refractivity contribution in [2.24, 2.45) is 4.99 Å². The monoisotopic (exact) mass is 386 g/mol. The Balaban J connectivity index is 1.56. The van der Waals surface area contributed by atoms with Crippen molar-refractivity contribution in [3.8, 4) is 0 Å². The first kappa shape index (κ1) is 19.6. The van der Waals surface area contributed by atoms with Gasteiger partial charge in [-0.3, -0.25) is 4.99 Å². The molecular formula is C20H30N6S. The molecule has 1 fully saturated rings. The fourth-order valence-corrected chi connectivity index (χ4v) is 4.03. The lowest BCUT2D eigenvalue weighted by Crippen LogP contribution is -2.52. The summed E-state index contributed by atoms with van der Waals surface area (Å²) >= 11 is 1.51.